The van der Waals surface area contributed by atoms with Crippen LogP contribution in [0.3, 0.4) is 0 Å². The minimum atomic E-state index is -0.138. The zero-order chi connectivity index (χ0) is 11.2. The number of nitrogens with two attached hydrogens (primary N) is 1. The van der Waals surface area contributed by atoms with E-state index in [1.165, 1.54) is 38.5 Å². The molecule has 1 unspecified atom stereocenters. The molecule has 2 heteroatoms. The Morgan fingerprint density at radius 2 is 1.56 bits per heavy atom. The average Bonchev–Trinajstić information content (AvgIpc) is 2.13. The first-order chi connectivity index (χ1) is 7.69. The summed E-state index contributed by atoms with van der Waals surface area (Å²) in [5, 5.41) is 10.0. The lowest BCUT2D eigenvalue weighted by atomic mass is 9.48. The lowest BCUT2D eigenvalue weighted by Gasteiger charge is -2.57. The quantitative estimate of drug-likeness (QED) is 0.768. The van der Waals surface area contributed by atoms with Crippen molar-refractivity contribution < 1.29 is 5.11 Å². The van der Waals surface area contributed by atoms with E-state index in [0.29, 0.717) is 12.0 Å². The number of hydrogen-bond acceptors (Lipinski definition) is 2. The van der Waals surface area contributed by atoms with Gasteiger partial charge in [0.05, 0.1) is 6.10 Å². The van der Waals surface area contributed by atoms with E-state index in [0.717, 1.165) is 30.6 Å². The molecule has 0 aromatic carbocycles. The zero-order valence-corrected chi connectivity index (χ0v) is 10.2. The number of hydrogen-bond donors (Lipinski definition) is 2. The fourth-order valence-electron chi connectivity index (χ4n) is 5.33. The summed E-state index contributed by atoms with van der Waals surface area (Å²) in [5.74, 6) is 2.99. The van der Waals surface area contributed by atoms with Gasteiger partial charge in [0.15, 0.2) is 0 Å². The Hall–Kier alpha value is -0.0800. The summed E-state index contributed by atoms with van der Waals surface area (Å²) in [6.07, 6.45) is 10.4. The molecule has 0 aliphatic heterocycles. The first kappa shape index (κ1) is 11.0. The maximum atomic E-state index is 10.0. The second-order valence-corrected chi connectivity index (χ2v) is 6.85. The van der Waals surface area contributed by atoms with Crippen molar-refractivity contribution in [2.24, 2.45) is 28.9 Å². The van der Waals surface area contributed by atoms with Crippen molar-refractivity contribution in [1.29, 1.82) is 0 Å². The van der Waals surface area contributed by atoms with Crippen LogP contribution in [0.4, 0.5) is 0 Å². The lowest BCUT2D eigenvalue weighted by Crippen LogP contribution is -2.47. The second kappa shape index (κ2) is 3.99. The predicted octanol–water partition coefficient (Wildman–Crippen LogP) is 2.30. The maximum absolute atomic E-state index is 10.0. The van der Waals surface area contributed by atoms with Crippen molar-refractivity contribution in [3.8, 4) is 0 Å². The highest BCUT2D eigenvalue weighted by Crippen LogP contribution is 2.61. The molecule has 0 radical (unpaired) electrons. The van der Waals surface area contributed by atoms with Crippen LogP contribution in [0.5, 0.6) is 0 Å². The molecule has 4 aliphatic rings. The standard InChI is InChI=1S/C14H25NO/c15-2-1-13(16)9-14-6-10-3-11(7-14)5-12(4-10)8-14/h10-13,16H,1-9,15H2. The largest absolute Gasteiger partial charge is 0.393 e. The van der Waals surface area contributed by atoms with E-state index in [1.807, 2.05) is 0 Å². The van der Waals surface area contributed by atoms with Crippen molar-refractivity contribution in [3.05, 3.63) is 0 Å². The molecule has 4 aliphatic carbocycles. The number of rotatable bonds is 4. The smallest absolute Gasteiger partial charge is 0.0557 e. The van der Waals surface area contributed by atoms with Crippen molar-refractivity contribution >= 4 is 0 Å². The molecule has 0 aromatic heterocycles. The summed E-state index contributed by atoms with van der Waals surface area (Å²) in [7, 11) is 0. The van der Waals surface area contributed by atoms with Gasteiger partial charge in [-0.2, -0.15) is 0 Å². The topological polar surface area (TPSA) is 46.2 Å². The number of aliphatic hydroxyl groups is 1. The fourth-order valence-corrected chi connectivity index (χ4v) is 5.33. The molecular formula is C14H25NO. The molecule has 4 fully saturated rings. The van der Waals surface area contributed by atoms with Crippen molar-refractivity contribution in [2.75, 3.05) is 6.54 Å². The van der Waals surface area contributed by atoms with Crippen molar-refractivity contribution in [3.63, 3.8) is 0 Å². The van der Waals surface area contributed by atoms with Crippen molar-refractivity contribution in [1.82, 2.24) is 0 Å². The van der Waals surface area contributed by atoms with Crippen LogP contribution in [0.25, 0.3) is 0 Å². The summed E-state index contributed by atoms with van der Waals surface area (Å²) in [6, 6.07) is 0. The van der Waals surface area contributed by atoms with Crippen LogP contribution in [0.2, 0.25) is 0 Å². The van der Waals surface area contributed by atoms with E-state index in [-0.39, 0.29) is 6.10 Å². The van der Waals surface area contributed by atoms with Crippen LogP contribution >= 0.6 is 0 Å². The van der Waals surface area contributed by atoms with Gasteiger partial charge in [-0.1, -0.05) is 0 Å². The Balaban J connectivity index is 1.68. The van der Waals surface area contributed by atoms with E-state index in [2.05, 4.69) is 0 Å². The van der Waals surface area contributed by atoms with Gasteiger partial charge in [-0.05, 0) is 81.1 Å². The van der Waals surface area contributed by atoms with E-state index in [9.17, 15) is 5.11 Å². The molecule has 0 amide bonds. The maximum Gasteiger partial charge on any atom is 0.0557 e. The minimum Gasteiger partial charge on any atom is -0.393 e. The fraction of sp³-hybridized carbons (Fsp3) is 1.00. The highest BCUT2D eigenvalue weighted by molar-refractivity contribution is 5.01. The Bertz CT molecular complexity index is 228. The van der Waals surface area contributed by atoms with Gasteiger partial charge in [0, 0.05) is 0 Å². The van der Waals surface area contributed by atoms with Gasteiger partial charge in [0.25, 0.3) is 0 Å². The zero-order valence-electron chi connectivity index (χ0n) is 10.2. The SMILES string of the molecule is NCCC(O)CC12CC3CC(CC(C3)C1)C2. The third-order valence-electron chi connectivity index (χ3n) is 5.33. The van der Waals surface area contributed by atoms with Gasteiger partial charge < -0.3 is 10.8 Å². The molecule has 0 saturated heterocycles. The van der Waals surface area contributed by atoms with Crippen LogP contribution in [0.15, 0.2) is 0 Å². The highest BCUT2D eigenvalue weighted by atomic mass is 16.3. The molecule has 16 heavy (non-hydrogen) atoms. The third kappa shape index (κ3) is 1.91. The van der Waals surface area contributed by atoms with Gasteiger partial charge in [-0.3, -0.25) is 0 Å². The van der Waals surface area contributed by atoms with Crippen LogP contribution in [0, 0.1) is 23.2 Å². The molecule has 0 heterocycles. The average molecular weight is 223 g/mol. The van der Waals surface area contributed by atoms with Crippen molar-refractivity contribution in [2.45, 2.75) is 57.5 Å². The number of aliphatic hydroxyl groups excluding tert-OH is 1. The van der Waals surface area contributed by atoms with Crippen LogP contribution in [0.1, 0.15) is 51.4 Å². The Labute approximate surface area is 98.6 Å². The predicted molar refractivity (Wildman–Crippen MR) is 64.9 cm³/mol. The van der Waals surface area contributed by atoms with E-state index < -0.39 is 0 Å². The van der Waals surface area contributed by atoms with E-state index >= 15 is 0 Å². The van der Waals surface area contributed by atoms with Gasteiger partial charge in [-0.15, -0.1) is 0 Å². The first-order valence-corrected chi connectivity index (χ1v) is 7.07. The van der Waals surface area contributed by atoms with Gasteiger partial charge in [0.1, 0.15) is 0 Å². The molecule has 92 valence electrons. The molecule has 0 aromatic rings. The lowest BCUT2D eigenvalue weighted by molar-refractivity contribution is -0.0762. The minimum absolute atomic E-state index is 0.138. The normalized spacial score (nSPS) is 47.2. The highest BCUT2D eigenvalue weighted by Gasteiger charge is 2.51. The summed E-state index contributed by atoms with van der Waals surface area (Å²) in [6.45, 7) is 0.632. The Morgan fingerprint density at radius 3 is 2.00 bits per heavy atom. The molecular weight excluding hydrogens is 198 g/mol. The van der Waals surface area contributed by atoms with Crippen LogP contribution < -0.4 is 5.73 Å². The molecule has 4 bridgehead atoms. The van der Waals surface area contributed by atoms with Gasteiger partial charge >= 0.3 is 0 Å². The molecule has 0 spiro atoms. The summed E-state index contributed by atoms with van der Waals surface area (Å²) >= 11 is 0. The molecule has 2 nitrogen and oxygen atoms in total. The second-order valence-electron chi connectivity index (χ2n) is 6.85. The molecule has 1 atom stereocenters. The molecule has 4 saturated carbocycles. The van der Waals surface area contributed by atoms with Gasteiger partial charge in [0.2, 0.25) is 0 Å². The third-order valence-corrected chi connectivity index (χ3v) is 5.33. The summed E-state index contributed by atoms with van der Waals surface area (Å²) < 4.78 is 0. The van der Waals surface area contributed by atoms with E-state index in [1.54, 1.807) is 0 Å². The summed E-state index contributed by atoms with van der Waals surface area (Å²) in [5.41, 5.74) is 6.05. The first-order valence-electron chi connectivity index (χ1n) is 7.07. The molecule has 3 N–H and O–H groups in total. The van der Waals surface area contributed by atoms with E-state index in [4.69, 9.17) is 5.73 Å². The Morgan fingerprint density at radius 1 is 1.06 bits per heavy atom. The van der Waals surface area contributed by atoms with Crippen LogP contribution in [-0.2, 0) is 0 Å². The summed E-state index contributed by atoms with van der Waals surface area (Å²) in [4.78, 5) is 0. The molecule has 4 rings (SSSR count). The Kier molecular flexibility index (Phi) is 2.75. The van der Waals surface area contributed by atoms with Crippen LogP contribution in [-0.4, -0.2) is 17.8 Å². The van der Waals surface area contributed by atoms with Gasteiger partial charge in [-0.25, -0.2) is 0 Å². The monoisotopic (exact) mass is 223 g/mol.